The van der Waals surface area contributed by atoms with E-state index in [0.717, 1.165) is 25.6 Å². The summed E-state index contributed by atoms with van der Waals surface area (Å²) >= 11 is 0. The Kier molecular flexibility index (Phi) is 4.95. The summed E-state index contributed by atoms with van der Waals surface area (Å²) in [6.45, 7) is 3.45. The van der Waals surface area contributed by atoms with Gasteiger partial charge in [0, 0.05) is 25.0 Å². The maximum Gasteiger partial charge on any atom is 0.0270 e. The molecule has 1 atom stereocenters. The molecule has 3 nitrogen and oxygen atoms in total. The molecule has 1 saturated heterocycles. The molecule has 1 unspecified atom stereocenters. The molecule has 1 aromatic heterocycles. The van der Waals surface area contributed by atoms with Crippen molar-refractivity contribution in [3.05, 3.63) is 30.1 Å². The van der Waals surface area contributed by atoms with E-state index in [2.05, 4.69) is 34.4 Å². The van der Waals surface area contributed by atoms with Crippen molar-refractivity contribution >= 4 is 0 Å². The number of piperidine rings is 1. The van der Waals surface area contributed by atoms with Crippen LogP contribution in [0.4, 0.5) is 0 Å². The molecule has 1 aliphatic rings. The first-order valence-corrected chi connectivity index (χ1v) is 6.66. The summed E-state index contributed by atoms with van der Waals surface area (Å²) < 4.78 is 0. The smallest absolute Gasteiger partial charge is 0.0270 e. The predicted molar refractivity (Wildman–Crippen MR) is 71.1 cm³/mol. The molecule has 0 spiro atoms. The fraction of sp³-hybridized carbons (Fsp3) is 0.643. The quantitative estimate of drug-likeness (QED) is 0.785. The lowest BCUT2D eigenvalue weighted by molar-refractivity contribution is 0.182. The minimum Gasteiger partial charge on any atom is -0.315 e. The van der Waals surface area contributed by atoms with Crippen molar-refractivity contribution < 1.29 is 0 Å². The van der Waals surface area contributed by atoms with Gasteiger partial charge in [0.15, 0.2) is 0 Å². The summed E-state index contributed by atoms with van der Waals surface area (Å²) in [6, 6.07) is 4.92. The third-order valence-electron chi connectivity index (χ3n) is 3.64. The van der Waals surface area contributed by atoms with E-state index in [-0.39, 0.29) is 0 Å². The molecule has 1 N–H and O–H groups in total. The number of pyridine rings is 1. The summed E-state index contributed by atoms with van der Waals surface area (Å²) in [5.74, 6) is 0. The Bertz CT molecular complexity index is 313. The van der Waals surface area contributed by atoms with Crippen molar-refractivity contribution in [2.75, 3.05) is 26.7 Å². The van der Waals surface area contributed by atoms with Crippen LogP contribution >= 0.6 is 0 Å². The summed E-state index contributed by atoms with van der Waals surface area (Å²) in [5.41, 5.74) is 1.37. The van der Waals surface area contributed by atoms with Crippen molar-refractivity contribution in [1.82, 2.24) is 15.2 Å². The molecule has 3 heteroatoms. The topological polar surface area (TPSA) is 28.2 Å². The number of rotatable bonds is 5. The molecule has 17 heavy (non-hydrogen) atoms. The Morgan fingerprint density at radius 1 is 1.35 bits per heavy atom. The van der Waals surface area contributed by atoms with E-state index in [1.54, 1.807) is 0 Å². The highest BCUT2D eigenvalue weighted by Gasteiger charge is 2.17. The van der Waals surface area contributed by atoms with Crippen LogP contribution in [0.15, 0.2) is 24.5 Å². The molecule has 0 aromatic carbocycles. The highest BCUT2D eigenvalue weighted by atomic mass is 15.2. The number of hydrogen-bond acceptors (Lipinski definition) is 3. The van der Waals surface area contributed by atoms with Crippen LogP contribution in [-0.2, 0) is 6.42 Å². The van der Waals surface area contributed by atoms with Gasteiger partial charge in [0.05, 0.1) is 0 Å². The first-order chi connectivity index (χ1) is 8.36. The number of nitrogens with one attached hydrogen (secondary N) is 1. The second-order valence-corrected chi connectivity index (χ2v) is 4.94. The van der Waals surface area contributed by atoms with Gasteiger partial charge in [-0.05, 0) is 57.1 Å². The number of aromatic nitrogens is 1. The summed E-state index contributed by atoms with van der Waals surface area (Å²) in [5, 5.41) is 3.57. The van der Waals surface area contributed by atoms with Gasteiger partial charge in [0.1, 0.15) is 0 Å². The number of nitrogens with zero attached hydrogens (tertiary/aromatic N) is 2. The van der Waals surface area contributed by atoms with Gasteiger partial charge in [-0.2, -0.15) is 0 Å². The number of hydrogen-bond donors (Lipinski definition) is 1. The van der Waals surface area contributed by atoms with Gasteiger partial charge in [-0.1, -0.05) is 6.42 Å². The van der Waals surface area contributed by atoms with Crippen LogP contribution in [0.2, 0.25) is 0 Å². The van der Waals surface area contributed by atoms with Gasteiger partial charge in [-0.3, -0.25) is 4.98 Å². The molecule has 0 amide bonds. The lowest BCUT2D eigenvalue weighted by Crippen LogP contribution is -2.43. The maximum atomic E-state index is 4.03. The molecule has 0 radical (unpaired) electrons. The van der Waals surface area contributed by atoms with E-state index in [4.69, 9.17) is 0 Å². The third-order valence-corrected chi connectivity index (χ3v) is 3.64. The first-order valence-electron chi connectivity index (χ1n) is 6.66. The van der Waals surface area contributed by atoms with Gasteiger partial charge >= 0.3 is 0 Å². The van der Waals surface area contributed by atoms with E-state index in [9.17, 15) is 0 Å². The van der Waals surface area contributed by atoms with Gasteiger partial charge in [-0.15, -0.1) is 0 Å². The van der Waals surface area contributed by atoms with Crippen LogP contribution in [0.3, 0.4) is 0 Å². The molecule has 0 saturated carbocycles. The average Bonchev–Trinajstić information content (AvgIpc) is 2.38. The molecule has 94 valence electrons. The number of likely N-dealkylation sites (tertiary alicyclic amines) is 1. The van der Waals surface area contributed by atoms with Crippen LogP contribution in [-0.4, -0.2) is 42.6 Å². The predicted octanol–water partition coefficient (Wildman–Crippen LogP) is 1.70. The second kappa shape index (κ2) is 6.72. The third kappa shape index (κ3) is 4.10. The Balaban J connectivity index is 1.63. The van der Waals surface area contributed by atoms with Crippen molar-refractivity contribution in [1.29, 1.82) is 0 Å². The largest absolute Gasteiger partial charge is 0.315 e. The number of likely N-dealkylation sites (N-methyl/N-ethyl adjacent to an activating group) is 1. The molecular weight excluding hydrogens is 210 g/mol. The monoisotopic (exact) mass is 233 g/mol. The summed E-state index contributed by atoms with van der Waals surface area (Å²) in [6.07, 6.45) is 8.93. The molecule has 0 bridgehead atoms. The van der Waals surface area contributed by atoms with Crippen LogP contribution in [0.1, 0.15) is 24.8 Å². The first kappa shape index (κ1) is 12.5. The minimum absolute atomic E-state index is 0.737. The normalized spacial score (nSPS) is 21.6. The van der Waals surface area contributed by atoms with Crippen molar-refractivity contribution in [2.45, 2.75) is 31.7 Å². The highest BCUT2D eigenvalue weighted by molar-refractivity contribution is 5.09. The van der Waals surface area contributed by atoms with Gasteiger partial charge < -0.3 is 10.2 Å². The van der Waals surface area contributed by atoms with Gasteiger partial charge in [0.25, 0.3) is 0 Å². The van der Waals surface area contributed by atoms with Crippen LogP contribution in [0.25, 0.3) is 0 Å². The second-order valence-electron chi connectivity index (χ2n) is 4.94. The summed E-state index contributed by atoms with van der Waals surface area (Å²) in [4.78, 5) is 6.52. The Labute approximate surface area is 104 Å². The molecule has 1 aliphatic heterocycles. The van der Waals surface area contributed by atoms with Crippen LogP contribution in [0.5, 0.6) is 0 Å². The molecule has 2 rings (SSSR count). The standard InChI is InChI=1S/C14H23N3/c1-17-11-3-2-4-14(17)12-16-10-7-13-5-8-15-9-6-13/h5-6,8-9,14,16H,2-4,7,10-12H2,1H3. The van der Waals surface area contributed by atoms with Crippen LogP contribution in [0, 0.1) is 0 Å². The Hall–Kier alpha value is -0.930. The fourth-order valence-electron chi connectivity index (χ4n) is 2.45. The molecule has 0 aliphatic carbocycles. The van der Waals surface area contributed by atoms with Crippen LogP contribution < -0.4 is 5.32 Å². The zero-order valence-electron chi connectivity index (χ0n) is 10.7. The summed E-state index contributed by atoms with van der Waals surface area (Å²) in [7, 11) is 2.24. The van der Waals surface area contributed by atoms with Crippen molar-refractivity contribution in [2.24, 2.45) is 0 Å². The van der Waals surface area contributed by atoms with Gasteiger partial charge in [-0.25, -0.2) is 0 Å². The zero-order valence-corrected chi connectivity index (χ0v) is 10.7. The average molecular weight is 233 g/mol. The van der Waals surface area contributed by atoms with E-state index in [0.29, 0.717) is 0 Å². The molecular formula is C14H23N3. The van der Waals surface area contributed by atoms with Gasteiger partial charge in [0.2, 0.25) is 0 Å². The lowest BCUT2D eigenvalue weighted by atomic mass is 10.0. The van der Waals surface area contributed by atoms with Crippen molar-refractivity contribution in [3.8, 4) is 0 Å². The minimum atomic E-state index is 0.737. The maximum absolute atomic E-state index is 4.03. The highest BCUT2D eigenvalue weighted by Crippen LogP contribution is 2.13. The van der Waals surface area contributed by atoms with E-state index < -0.39 is 0 Å². The molecule has 1 aromatic rings. The SMILES string of the molecule is CN1CCCCC1CNCCc1ccncc1. The Morgan fingerprint density at radius 3 is 2.94 bits per heavy atom. The molecule has 2 heterocycles. The van der Waals surface area contributed by atoms with E-state index >= 15 is 0 Å². The van der Waals surface area contributed by atoms with E-state index in [1.165, 1.54) is 31.4 Å². The lowest BCUT2D eigenvalue weighted by Gasteiger charge is -2.32. The van der Waals surface area contributed by atoms with E-state index in [1.807, 2.05) is 12.4 Å². The fourth-order valence-corrected chi connectivity index (χ4v) is 2.45. The van der Waals surface area contributed by atoms with Crippen molar-refractivity contribution in [3.63, 3.8) is 0 Å². The Morgan fingerprint density at radius 2 is 2.18 bits per heavy atom. The zero-order chi connectivity index (χ0) is 11.9. The molecule has 1 fully saturated rings.